The minimum atomic E-state index is -1.48. The molecule has 3 aromatic rings. The van der Waals surface area contributed by atoms with E-state index in [1.54, 1.807) is 13.8 Å². The van der Waals surface area contributed by atoms with E-state index in [9.17, 15) is 24.6 Å². The lowest BCUT2D eigenvalue weighted by Gasteiger charge is -2.31. The number of hydrogen-bond donors (Lipinski definition) is 5. The molecular weight excluding hydrogens is 510 g/mol. The number of rotatable bonds is 14. The van der Waals surface area contributed by atoms with E-state index in [-0.39, 0.29) is 25.5 Å². The zero-order valence-corrected chi connectivity index (χ0v) is 22.7. The number of carbonyl (C=O) groups is 3. The topological polar surface area (TPSA) is 137 Å². The van der Waals surface area contributed by atoms with Crippen molar-refractivity contribution < 1.29 is 29.3 Å². The first-order chi connectivity index (χ1) is 19.2. The second kappa shape index (κ2) is 15.4. The minimum Gasteiger partial charge on any atom is -0.480 e. The summed E-state index contributed by atoms with van der Waals surface area (Å²) in [5.41, 5.74) is 2.45. The van der Waals surface area contributed by atoms with Crippen LogP contribution in [0.15, 0.2) is 91.0 Å². The van der Waals surface area contributed by atoms with Gasteiger partial charge in [-0.25, -0.2) is 4.79 Å². The molecule has 0 heterocycles. The van der Waals surface area contributed by atoms with Gasteiger partial charge in [-0.1, -0.05) is 105 Å². The minimum absolute atomic E-state index is 0.0435. The van der Waals surface area contributed by atoms with E-state index in [4.69, 9.17) is 4.74 Å². The van der Waals surface area contributed by atoms with Gasteiger partial charge in [0.1, 0.15) is 24.8 Å². The van der Waals surface area contributed by atoms with E-state index < -0.39 is 42.2 Å². The second-order valence-electron chi connectivity index (χ2n) is 9.91. The van der Waals surface area contributed by atoms with Crippen molar-refractivity contribution in [1.82, 2.24) is 16.0 Å². The number of aliphatic carboxylic acids is 1. The lowest BCUT2D eigenvalue weighted by Crippen LogP contribution is -2.60. The molecule has 0 saturated carbocycles. The first kappa shape index (κ1) is 30.3. The summed E-state index contributed by atoms with van der Waals surface area (Å²) in [6.07, 6.45) is -2.07. The molecule has 0 aromatic heterocycles. The molecule has 5 N–H and O–H groups in total. The third kappa shape index (κ3) is 9.52. The number of aliphatic hydroxyl groups excluding tert-OH is 1. The van der Waals surface area contributed by atoms with Crippen LogP contribution in [0.1, 0.15) is 30.5 Å². The Morgan fingerprint density at radius 2 is 1.27 bits per heavy atom. The third-order valence-corrected chi connectivity index (χ3v) is 6.45. The zero-order valence-electron chi connectivity index (χ0n) is 22.7. The van der Waals surface area contributed by atoms with Gasteiger partial charge in [-0.15, -0.1) is 0 Å². The molecule has 0 saturated heterocycles. The van der Waals surface area contributed by atoms with Crippen LogP contribution in [0.4, 0.5) is 4.79 Å². The van der Waals surface area contributed by atoms with Crippen molar-refractivity contribution in [3.8, 4) is 0 Å². The molecule has 3 rings (SSSR count). The van der Waals surface area contributed by atoms with Crippen molar-refractivity contribution in [3.05, 3.63) is 108 Å². The van der Waals surface area contributed by atoms with E-state index in [2.05, 4.69) is 16.0 Å². The molecule has 2 amide bonds. The van der Waals surface area contributed by atoms with Gasteiger partial charge in [-0.05, 0) is 29.0 Å². The molecule has 0 fully saturated rings. The van der Waals surface area contributed by atoms with Gasteiger partial charge in [0.05, 0.1) is 6.04 Å². The molecule has 0 aliphatic carbocycles. The van der Waals surface area contributed by atoms with Gasteiger partial charge in [0.25, 0.3) is 0 Å². The van der Waals surface area contributed by atoms with Crippen LogP contribution in [0.3, 0.4) is 0 Å². The van der Waals surface area contributed by atoms with Gasteiger partial charge in [0.2, 0.25) is 5.91 Å². The molecule has 9 heteroatoms. The van der Waals surface area contributed by atoms with E-state index in [0.717, 1.165) is 16.7 Å². The molecule has 3 aromatic carbocycles. The van der Waals surface area contributed by atoms with E-state index >= 15 is 0 Å². The SMILES string of the molecule is CC(C)[C@H](NC(=O)OCc1ccccc1)C(=O)N[C@@H](Cc1ccccc1)[C@@H](O)[C@@H](NCc1ccccc1)C(=O)O. The van der Waals surface area contributed by atoms with Crippen LogP contribution < -0.4 is 16.0 Å². The smallest absolute Gasteiger partial charge is 0.408 e. The summed E-state index contributed by atoms with van der Waals surface area (Å²) in [5.74, 6) is -2.12. The zero-order chi connectivity index (χ0) is 28.9. The Labute approximate surface area is 234 Å². The van der Waals surface area contributed by atoms with Crippen LogP contribution in [-0.2, 0) is 33.9 Å². The quantitative estimate of drug-likeness (QED) is 0.209. The maximum absolute atomic E-state index is 13.4. The first-order valence-electron chi connectivity index (χ1n) is 13.2. The number of benzene rings is 3. The number of carboxylic acids is 1. The molecule has 0 unspecified atom stereocenters. The van der Waals surface area contributed by atoms with Crippen LogP contribution >= 0.6 is 0 Å². The van der Waals surface area contributed by atoms with Crippen molar-refractivity contribution >= 4 is 18.0 Å². The Bertz CT molecular complexity index is 1210. The fourth-order valence-corrected chi connectivity index (χ4v) is 4.23. The van der Waals surface area contributed by atoms with E-state index in [1.165, 1.54) is 0 Å². The summed E-state index contributed by atoms with van der Waals surface area (Å²) in [6.45, 7) is 3.80. The maximum Gasteiger partial charge on any atom is 0.408 e. The summed E-state index contributed by atoms with van der Waals surface area (Å²) >= 11 is 0. The summed E-state index contributed by atoms with van der Waals surface area (Å²) in [6, 6.07) is 24.2. The van der Waals surface area contributed by atoms with Gasteiger partial charge in [0.15, 0.2) is 0 Å². The largest absolute Gasteiger partial charge is 0.480 e. The Kier molecular flexibility index (Phi) is 11.7. The molecule has 212 valence electrons. The number of ether oxygens (including phenoxy) is 1. The van der Waals surface area contributed by atoms with Gasteiger partial charge >= 0.3 is 12.1 Å². The van der Waals surface area contributed by atoms with Gasteiger partial charge in [-0.3, -0.25) is 14.9 Å². The summed E-state index contributed by atoms with van der Waals surface area (Å²) < 4.78 is 5.28. The standard InChI is InChI=1S/C31H37N3O6/c1-21(2)26(34-31(39)40-20-24-16-10-5-11-17-24)29(36)33-25(18-22-12-6-3-7-13-22)28(35)27(30(37)38)32-19-23-14-8-4-9-15-23/h3-17,21,25-28,32,35H,18-20H2,1-2H3,(H,33,36)(H,34,39)(H,37,38)/t25-,26-,27+,28+/m0/s1. The van der Waals surface area contributed by atoms with Crippen molar-refractivity contribution in [2.75, 3.05) is 0 Å². The van der Waals surface area contributed by atoms with E-state index in [1.807, 2.05) is 91.0 Å². The highest BCUT2D eigenvalue weighted by Crippen LogP contribution is 2.13. The Hall–Kier alpha value is -4.21. The molecular formula is C31H37N3O6. The number of carbonyl (C=O) groups excluding carboxylic acids is 2. The predicted octanol–water partition coefficient (Wildman–Crippen LogP) is 3.27. The van der Waals surface area contributed by atoms with Gasteiger partial charge in [-0.2, -0.15) is 0 Å². The highest BCUT2D eigenvalue weighted by Gasteiger charge is 2.36. The Morgan fingerprint density at radius 1 is 0.750 bits per heavy atom. The normalized spacial score (nSPS) is 14.0. The molecule has 0 spiro atoms. The fraction of sp³-hybridized carbons (Fsp3) is 0.323. The Morgan fingerprint density at radius 3 is 1.80 bits per heavy atom. The van der Waals surface area contributed by atoms with Crippen LogP contribution in [0.5, 0.6) is 0 Å². The number of hydrogen-bond acceptors (Lipinski definition) is 6. The predicted molar refractivity (Wildman–Crippen MR) is 151 cm³/mol. The Balaban J connectivity index is 1.73. The third-order valence-electron chi connectivity index (χ3n) is 6.45. The number of aliphatic hydroxyl groups is 1. The number of amides is 2. The molecule has 0 aliphatic rings. The van der Waals surface area contributed by atoms with Crippen LogP contribution in [0.2, 0.25) is 0 Å². The molecule has 4 atom stereocenters. The van der Waals surface area contributed by atoms with Crippen LogP contribution in [0, 0.1) is 5.92 Å². The molecule has 40 heavy (non-hydrogen) atoms. The molecule has 0 bridgehead atoms. The van der Waals surface area contributed by atoms with Gasteiger partial charge in [0, 0.05) is 6.54 Å². The number of carboxylic acid groups (broad SMARTS) is 1. The van der Waals surface area contributed by atoms with Crippen molar-refractivity contribution in [2.45, 2.75) is 57.6 Å². The maximum atomic E-state index is 13.4. The average Bonchev–Trinajstić information content (AvgIpc) is 2.95. The first-order valence-corrected chi connectivity index (χ1v) is 13.2. The summed E-state index contributed by atoms with van der Waals surface area (Å²) in [4.78, 5) is 38.1. The van der Waals surface area contributed by atoms with Gasteiger partial charge < -0.3 is 25.6 Å². The monoisotopic (exact) mass is 547 g/mol. The summed E-state index contributed by atoms with van der Waals surface area (Å²) in [7, 11) is 0. The highest BCUT2D eigenvalue weighted by atomic mass is 16.5. The van der Waals surface area contributed by atoms with Crippen LogP contribution in [-0.4, -0.2) is 52.4 Å². The highest BCUT2D eigenvalue weighted by molar-refractivity contribution is 5.86. The van der Waals surface area contributed by atoms with Crippen molar-refractivity contribution in [1.29, 1.82) is 0 Å². The van der Waals surface area contributed by atoms with Crippen molar-refractivity contribution in [3.63, 3.8) is 0 Å². The number of nitrogens with one attached hydrogen (secondary N) is 3. The number of alkyl carbamates (subject to hydrolysis) is 1. The van der Waals surface area contributed by atoms with Crippen molar-refractivity contribution in [2.24, 2.45) is 5.92 Å². The fourth-order valence-electron chi connectivity index (χ4n) is 4.23. The van der Waals surface area contributed by atoms with Crippen LogP contribution in [0.25, 0.3) is 0 Å². The lowest BCUT2D eigenvalue weighted by molar-refractivity contribution is -0.144. The molecule has 0 radical (unpaired) electrons. The molecule has 0 aliphatic heterocycles. The summed E-state index contributed by atoms with van der Waals surface area (Å²) in [5, 5.41) is 29.5. The lowest BCUT2D eigenvalue weighted by atomic mass is 9.94. The molecule has 9 nitrogen and oxygen atoms in total. The second-order valence-corrected chi connectivity index (χ2v) is 9.91. The average molecular weight is 548 g/mol. The van der Waals surface area contributed by atoms with E-state index in [0.29, 0.717) is 0 Å².